The van der Waals surface area contributed by atoms with Crippen molar-refractivity contribution < 1.29 is 36.9 Å². The maximum atomic E-state index is 13.6. The van der Waals surface area contributed by atoms with Crippen LogP contribution in [0.5, 0.6) is 11.5 Å². The van der Waals surface area contributed by atoms with Gasteiger partial charge >= 0.3 is 5.97 Å². The Kier molecular flexibility index (Phi) is 9.69. The largest absolute Gasteiger partial charge is 0.497 e. The molecule has 3 aromatic rings. The third-order valence-corrected chi connectivity index (χ3v) is 6.64. The average Bonchev–Trinajstić information content (AvgIpc) is 2.89. The van der Waals surface area contributed by atoms with E-state index in [0.29, 0.717) is 24.3 Å². The minimum absolute atomic E-state index is 0.00594. The van der Waals surface area contributed by atoms with Crippen molar-refractivity contribution in [1.82, 2.24) is 0 Å². The van der Waals surface area contributed by atoms with Crippen LogP contribution in [-0.4, -0.2) is 55.7 Å². The highest BCUT2D eigenvalue weighted by Gasteiger charge is 2.25. The van der Waals surface area contributed by atoms with E-state index in [4.69, 9.17) is 23.7 Å². The van der Waals surface area contributed by atoms with Crippen LogP contribution in [0.15, 0.2) is 71.6 Å². The van der Waals surface area contributed by atoms with E-state index in [1.165, 1.54) is 32.4 Å². The predicted molar refractivity (Wildman–Crippen MR) is 134 cm³/mol. The van der Waals surface area contributed by atoms with Crippen molar-refractivity contribution in [2.24, 2.45) is 0 Å². The first-order chi connectivity index (χ1) is 17.4. The molecule has 10 heteroatoms. The number of carbonyl (C=O) groups is 1. The summed E-state index contributed by atoms with van der Waals surface area (Å²) in [5, 5.41) is 0. The normalized spacial score (nSPS) is 11.1. The highest BCUT2D eigenvalue weighted by molar-refractivity contribution is 7.92. The molecule has 0 spiro atoms. The molecule has 192 valence electrons. The number of sulfonamides is 1. The standard InChI is InChI=1S/C26H29NO8S/c1-31-14-15-34-18-35-23-11-7-10-22(26(28)33-3)25(23)27-36(29,30)24-13-12-21(32-2)17-20(24)16-19-8-5-4-6-9-19/h4-13,17,27H,14-16,18H2,1-3H3. The molecule has 0 radical (unpaired) electrons. The van der Waals surface area contributed by atoms with Gasteiger partial charge in [0.05, 0.1) is 37.9 Å². The van der Waals surface area contributed by atoms with Crippen LogP contribution in [0.4, 0.5) is 5.69 Å². The van der Waals surface area contributed by atoms with E-state index in [0.717, 1.165) is 5.56 Å². The first-order valence-corrected chi connectivity index (χ1v) is 12.5. The molecule has 9 nitrogen and oxygen atoms in total. The molecule has 1 N–H and O–H groups in total. The van der Waals surface area contributed by atoms with Gasteiger partial charge in [-0.25, -0.2) is 13.2 Å². The molecule has 0 amide bonds. The van der Waals surface area contributed by atoms with Gasteiger partial charge in [0.1, 0.15) is 17.2 Å². The fourth-order valence-electron chi connectivity index (χ4n) is 3.43. The Bertz CT molecular complexity index is 1260. The van der Waals surface area contributed by atoms with Gasteiger partial charge in [0, 0.05) is 7.11 Å². The number of anilines is 1. The molecule has 36 heavy (non-hydrogen) atoms. The molecule has 3 rings (SSSR count). The van der Waals surface area contributed by atoms with Crippen LogP contribution in [0.25, 0.3) is 0 Å². The summed E-state index contributed by atoms with van der Waals surface area (Å²) in [7, 11) is 0.0993. The van der Waals surface area contributed by atoms with E-state index in [1.54, 1.807) is 25.3 Å². The molecule has 0 aliphatic heterocycles. The van der Waals surface area contributed by atoms with Crippen molar-refractivity contribution in [2.75, 3.05) is 46.1 Å². The predicted octanol–water partition coefficient (Wildman–Crippen LogP) is 3.87. The maximum Gasteiger partial charge on any atom is 0.340 e. The van der Waals surface area contributed by atoms with Crippen molar-refractivity contribution in [3.8, 4) is 11.5 Å². The maximum absolute atomic E-state index is 13.6. The van der Waals surface area contributed by atoms with Crippen LogP contribution < -0.4 is 14.2 Å². The van der Waals surface area contributed by atoms with Crippen molar-refractivity contribution in [3.05, 3.63) is 83.4 Å². The van der Waals surface area contributed by atoms with Gasteiger partial charge in [-0.15, -0.1) is 0 Å². The third-order valence-electron chi connectivity index (χ3n) is 5.19. The summed E-state index contributed by atoms with van der Waals surface area (Å²) in [4.78, 5) is 12.5. The fraction of sp³-hybridized carbons (Fsp3) is 0.269. The van der Waals surface area contributed by atoms with Gasteiger partial charge in [0.2, 0.25) is 0 Å². The number of methoxy groups -OCH3 is 3. The molecular formula is C26H29NO8S. The number of ether oxygens (including phenoxy) is 5. The average molecular weight is 516 g/mol. The monoisotopic (exact) mass is 515 g/mol. The molecule has 0 aromatic heterocycles. The summed E-state index contributed by atoms with van der Waals surface area (Å²) in [6, 6.07) is 18.7. The lowest BCUT2D eigenvalue weighted by Gasteiger charge is -2.18. The minimum Gasteiger partial charge on any atom is -0.497 e. The van der Waals surface area contributed by atoms with Crippen LogP contribution in [0.1, 0.15) is 21.5 Å². The number of rotatable bonds is 13. The van der Waals surface area contributed by atoms with Crippen molar-refractivity contribution in [1.29, 1.82) is 0 Å². The van der Waals surface area contributed by atoms with Crippen LogP contribution in [0, 0.1) is 0 Å². The van der Waals surface area contributed by atoms with Gasteiger partial charge in [0.25, 0.3) is 10.0 Å². The topological polar surface area (TPSA) is 109 Å². The second-order valence-corrected chi connectivity index (χ2v) is 9.23. The second-order valence-electron chi connectivity index (χ2n) is 7.58. The number of hydrogen-bond donors (Lipinski definition) is 1. The van der Waals surface area contributed by atoms with E-state index in [2.05, 4.69) is 4.72 Å². The fourth-order valence-corrected chi connectivity index (χ4v) is 4.74. The number of esters is 1. The Hall–Kier alpha value is -3.60. The summed E-state index contributed by atoms with van der Waals surface area (Å²) in [6.45, 7) is 0.472. The van der Waals surface area contributed by atoms with E-state index >= 15 is 0 Å². The molecule has 0 aliphatic carbocycles. The van der Waals surface area contributed by atoms with Crippen LogP contribution >= 0.6 is 0 Å². The summed E-state index contributed by atoms with van der Waals surface area (Å²) in [6.07, 6.45) is 0.351. The number of benzene rings is 3. The lowest BCUT2D eigenvalue weighted by Crippen LogP contribution is -2.19. The molecular weight excluding hydrogens is 486 g/mol. The SMILES string of the molecule is COCCOCOc1cccc(C(=O)OC)c1NS(=O)(=O)c1ccc(OC)cc1Cc1ccccc1. The Morgan fingerprint density at radius 2 is 1.69 bits per heavy atom. The first kappa shape index (κ1) is 27.0. The third kappa shape index (κ3) is 6.97. The van der Waals surface area contributed by atoms with Crippen molar-refractivity contribution in [3.63, 3.8) is 0 Å². The Balaban J connectivity index is 1.99. The van der Waals surface area contributed by atoms with Crippen molar-refractivity contribution in [2.45, 2.75) is 11.3 Å². The zero-order valence-electron chi connectivity index (χ0n) is 20.4. The molecule has 0 fully saturated rings. The van der Waals surface area contributed by atoms with Gasteiger partial charge in [-0.2, -0.15) is 0 Å². The molecule has 0 aliphatic rings. The van der Waals surface area contributed by atoms with Crippen LogP contribution in [-0.2, 0) is 30.7 Å². The Labute approximate surface area is 211 Å². The lowest BCUT2D eigenvalue weighted by atomic mass is 10.0. The minimum atomic E-state index is -4.17. The molecule has 0 atom stereocenters. The molecule has 0 saturated heterocycles. The summed E-state index contributed by atoms with van der Waals surface area (Å²) in [5.74, 6) is -0.0956. The van der Waals surface area contributed by atoms with Gasteiger partial charge in [-0.05, 0) is 47.9 Å². The first-order valence-electron chi connectivity index (χ1n) is 11.0. The smallest absolute Gasteiger partial charge is 0.340 e. The summed E-state index contributed by atoms with van der Waals surface area (Å²) >= 11 is 0. The molecule has 0 unspecified atom stereocenters. The number of nitrogens with one attached hydrogen (secondary N) is 1. The number of hydrogen-bond acceptors (Lipinski definition) is 8. The van der Waals surface area contributed by atoms with E-state index in [9.17, 15) is 13.2 Å². The van der Waals surface area contributed by atoms with Gasteiger partial charge in [0.15, 0.2) is 6.79 Å². The molecule has 3 aromatic carbocycles. The van der Waals surface area contributed by atoms with Gasteiger partial charge in [-0.1, -0.05) is 36.4 Å². The Morgan fingerprint density at radius 1 is 0.917 bits per heavy atom. The van der Waals surface area contributed by atoms with E-state index in [1.807, 2.05) is 30.3 Å². The van der Waals surface area contributed by atoms with Crippen LogP contribution in [0.3, 0.4) is 0 Å². The van der Waals surface area contributed by atoms with Gasteiger partial charge in [-0.3, -0.25) is 4.72 Å². The Morgan fingerprint density at radius 3 is 2.39 bits per heavy atom. The van der Waals surface area contributed by atoms with Crippen molar-refractivity contribution >= 4 is 21.7 Å². The zero-order valence-corrected chi connectivity index (χ0v) is 21.2. The van der Waals surface area contributed by atoms with E-state index in [-0.39, 0.29) is 35.3 Å². The second kappa shape index (κ2) is 12.9. The highest BCUT2D eigenvalue weighted by Crippen LogP contribution is 2.33. The number of para-hydroxylation sites is 1. The number of carbonyl (C=O) groups excluding carboxylic acids is 1. The summed E-state index contributed by atoms with van der Waals surface area (Å²) in [5.41, 5.74) is 1.39. The zero-order chi connectivity index (χ0) is 26.0. The van der Waals surface area contributed by atoms with Crippen LogP contribution in [0.2, 0.25) is 0 Å². The van der Waals surface area contributed by atoms with E-state index < -0.39 is 16.0 Å². The lowest BCUT2D eigenvalue weighted by molar-refractivity contribution is -0.00819. The summed E-state index contributed by atoms with van der Waals surface area (Å²) < 4.78 is 55.9. The molecule has 0 heterocycles. The molecule has 0 saturated carbocycles. The molecule has 0 bridgehead atoms. The van der Waals surface area contributed by atoms with Gasteiger partial charge < -0.3 is 23.7 Å². The highest BCUT2D eigenvalue weighted by atomic mass is 32.2. The quantitative estimate of drug-likeness (QED) is 0.208.